The van der Waals surface area contributed by atoms with Crippen LogP contribution in [-0.4, -0.2) is 37.2 Å². The Kier molecular flexibility index (Phi) is 4.15. The van der Waals surface area contributed by atoms with E-state index in [9.17, 15) is 18.0 Å². The maximum atomic E-state index is 12.8. The number of furan rings is 1. The predicted octanol–water partition coefficient (Wildman–Crippen LogP) is 3.25. The van der Waals surface area contributed by atoms with Crippen LogP contribution < -0.4 is 0 Å². The Labute approximate surface area is 161 Å². The largest absolute Gasteiger partial charge is 0.453 e. The minimum atomic E-state index is -3.90. The van der Waals surface area contributed by atoms with E-state index < -0.39 is 21.2 Å². The molecule has 1 atom stereocenters. The highest BCUT2D eigenvalue weighted by Crippen LogP contribution is 2.35. The van der Waals surface area contributed by atoms with Gasteiger partial charge in [-0.25, -0.2) is 17.7 Å². The summed E-state index contributed by atoms with van der Waals surface area (Å²) in [6.07, 6.45) is 0. The van der Waals surface area contributed by atoms with Crippen molar-refractivity contribution in [2.45, 2.75) is 12.2 Å². The maximum absolute atomic E-state index is 12.8. The van der Waals surface area contributed by atoms with E-state index in [-0.39, 0.29) is 17.3 Å². The lowest BCUT2D eigenvalue weighted by Crippen LogP contribution is -2.26. The average molecular weight is 396 g/mol. The predicted molar refractivity (Wildman–Crippen MR) is 104 cm³/mol. The molecule has 8 heteroatoms. The SMILES string of the molecule is CC(=O)c1cc2cc(N=C3C(=O)N(C)S(=O)(=O)C3c3ccccc3)ccc2o1. The second-order valence-electron chi connectivity index (χ2n) is 6.49. The molecule has 4 rings (SSSR count). The molecular formula is C20H16N2O5S. The number of fused-ring (bicyclic) bond motifs is 1. The highest BCUT2D eigenvalue weighted by molar-refractivity contribution is 7.91. The summed E-state index contributed by atoms with van der Waals surface area (Å²) >= 11 is 0. The van der Waals surface area contributed by atoms with E-state index in [1.54, 1.807) is 54.6 Å². The molecule has 7 nitrogen and oxygen atoms in total. The molecule has 1 amide bonds. The molecule has 28 heavy (non-hydrogen) atoms. The van der Waals surface area contributed by atoms with Crippen molar-refractivity contribution in [2.24, 2.45) is 4.99 Å². The summed E-state index contributed by atoms with van der Waals surface area (Å²) in [5, 5.41) is -0.524. The zero-order valence-corrected chi connectivity index (χ0v) is 15.9. The maximum Gasteiger partial charge on any atom is 0.283 e. The van der Waals surface area contributed by atoms with Crippen molar-refractivity contribution in [3.05, 3.63) is 65.9 Å². The van der Waals surface area contributed by atoms with Gasteiger partial charge in [0, 0.05) is 19.4 Å². The van der Waals surface area contributed by atoms with Crippen molar-refractivity contribution >= 4 is 44.1 Å². The van der Waals surface area contributed by atoms with Crippen LogP contribution in [0.4, 0.5) is 5.69 Å². The van der Waals surface area contributed by atoms with Crippen LogP contribution in [0.25, 0.3) is 11.0 Å². The number of hydrogen-bond donors (Lipinski definition) is 0. The molecule has 3 aromatic rings. The molecule has 0 bridgehead atoms. The second-order valence-corrected chi connectivity index (χ2v) is 8.54. The number of benzene rings is 2. The van der Waals surface area contributed by atoms with Gasteiger partial charge in [-0.3, -0.25) is 9.59 Å². The number of carbonyl (C=O) groups excluding carboxylic acids is 2. The first-order valence-corrected chi connectivity index (χ1v) is 9.99. The van der Waals surface area contributed by atoms with E-state index >= 15 is 0 Å². The Bertz CT molecular complexity index is 1240. The van der Waals surface area contributed by atoms with E-state index in [0.717, 1.165) is 4.31 Å². The highest BCUT2D eigenvalue weighted by Gasteiger charge is 2.49. The monoisotopic (exact) mass is 396 g/mol. The van der Waals surface area contributed by atoms with Gasteiger partial charge in [-0.15, -0.1) is 0 Å². The summed E-state index contributed by atoms with van der Waals surface area (Å²) in [7, 11) is -2.67. The topological polar surface area (TPSA) is 97.0 Å². The molecule has 0 N–H and O–H groups in total. The number of hydrogen-bond acceptors (Lipinski definition) is 6. The van der Waals surface area contributed by atoms with Crippen molar-refractivity contribution in [3.63, 3.8) is 0 Å². The van der Waals surface area contributed by atoms with Crippen LogP contribution in [0.1, 0.15) is 28.3 Å². The van der Waals surface area contributed by atoms with Crippen LogP contribution >= 0.6 is 0 Å². The van der Waals surface area contributed by atoms with Crippen molar-refractivity contribution in [1.82, 2.24) is 4.31 Å². The Morgan fingerprint density at radius 2 is 1.82 bits per heavy atom. The summed E-state index contributed by atoms with van der Waals surface area (Å²) < 4.78 is 31.7. The molecule has 1 fully saturated rings. The van der Waals surface area contributed by atoms with Crippen LogP contribution in [-0.2, 0) is 14.8 Å². The van der Waals surface area contributed by atoms with Gasteiger partial charge in [-0.05, 0) is 29.8 Å². The van der Waals surface area contributed by atoms with Crippen molar-refractivity contribution in [3.8, 4) is 0 Å². The zero-order chi connectivity index (χ0) is 20.1. The Hall–Kier alpha value is -3.26. The van der Waals surface area contributed by atoms with E-state index in [1.165, 1.54) is 14.0 Å². The van der Waals surface area contributed by atoms with Gasteiger partial charge < -0.3 is 4.42 Å². The van der Waals surface area contributed by atoms with Crippen molar-refractivity contribution < 1.29 is 22.4 Å². The molecule has 1 aliphatic rings. The molecule has 1 saturated heterocycles. The summed E-state index contributed by atoms with van der Waals surface area (Å²) in [4.78, 5) is 28.5. The fraction of sp³-hybridized carbons (Fsp3) is 0.150. The number of rotatable bonds is 3. The molecule has 1 aliphatic heterocycles. The molecule has 0 aliphatic carbocycles. The third-order valence-electron chi connectivity index (χ3n) is 4.63. The van der Waals surface area contributed by atoms with Gasteiger partial charge >= 0.3 is 0 Å². The lowest BCUT2D eigenvalue weighted by atomic mass is 10.1. The Morgan fingerprint density at radius 1 is 1.11 bits per heavy atom. The average Bonchev–Trinajstić information content (AvgIpc) is 3.16. The van der Waals surface area contributed by atoms with Gasteiger partial charge in [0.15, 0.2) is 16.8 Å². The molecular weight excluding hydrogens is 380 g/mol. The molecule has 2 aromatic carbocycles. The van der Waals surface area contributed by atoms with E-state index in [0.29, 0.717) is 22.2 Å². The van der Waals surface area contributed by atoms with E-state index in [1.807, 2.05) is 0 Å². The molecule has 2 heterocycles. The smallest absolute Gasteiger partial charge is 0.283 e. The Balaban J connectivity index is 1.85. The lowest BCUT2D eigenvalue weighted by Gasteiger charge is -2.11. The minimum absolute atomic E-state index is 0.0664. The molecule has 0 saturated carbocycles. The van der Waals surface area contributed by atoms with Crippen molar-refractivity contribution in [2.75, 3.05) is 7.05 Å². The fourth-order valence-electron chi connectivity index (χ4n) is 3.17. The second kappa shape index (κ2) is 6.42. The third kappa shape index (κ3) is 2.82. The number of nitrogens with zero attached hydrogens (tertiary/aromatic N) is 2. The minimum Gasteiger partial charge on any atom is -0.453 e. The number of carbonyl (C=O) groups is 2. The van der Waals surface area contributed by atoms with Crippen LogP contribution in [0.5, 0.6) is 0 Å². The van der Waals surface area contributed by atoms with Gasteiger partial charge in [0.1, 0.15) is 11.3 Å². The summed E-state index contributed by atoms with van der Waals surface area (Å²) in [5.74, 6) is -0.640. The quantitative estimate of drug-likeness (QED) is 0.633. The normalized spacial score (nSPS) is 20.2. The Morgan fingerprint density at radius 3 is 2.50 bits per heavy atom. The standard InChI is InChI=1S/C20H16N2O5S/c1-12(23)17-11-14-10-15(8-9-16(14)27-17)21-18-19(13-6-4-3-5-7-13)28(25,26)22(2)20(18)24/h3-11,19H,1-2H3. The van der Waals surface area contributed by atoms with Gasteiger partial charge in [0.2, 0.25) is 10.0 Å². The number of ketones is 1. The lowest BCUT2D eigenvalue weighted by molar-refractivity contribution is -0.118. The first kappa shape index (κ1) is 18.1. The van der Waals surface area contributed by atoms with Gasteiger partial charge in [-0.1, -0.05) is 30.3 Å². The number of aliphatic imine (C=N–C) groups is 1. The summed E-state index contributed by atoms with van der Waals surface area (Å²) in [6, 6.07) is 15.0. The zero-order valence-electron chi connectivity index (χ0n) is 15.1. The van der Waals surface area contributed by atoms with Gasteiger partial charge in [-0.2, -0.15) is 0 Å². The van der Waals surface area contributed by atoms with Crippen LogP contribution in [0.15, 0.2) is 64.0 Å². The fourth-order valence-corrected chi connectivity index (χ4v) is 4.74. The molecule has 1 unspecified atom stereocenters. The van der Waals surface area contributed by atoms with Crippen molar-refractivity contribution in [1.29, 1.82) is 0 Å². The molecule has 142 valence electrons. The van der Waals surface area contributed by atoms with Crippen LogP contribution in [0, 0.1) is 0 Å². The molecule has 0 spiro atoms. The van der Waals surface area contributed by atoms with E-state index in [2.05, 4.69) is 4.99 Å². The molecule has 0 radical (unpaired) electrons. The van der Waals surface area contributed by atoms with Gasteiger partial charge in [0.25, 0.3) is 5.91 Å². The van der Waals surface area contributed by atoms with Crippen LogP contribution in [0.3, 0.4) is 0 Å². The van der Waals surface area contributed by atoms with Crippen LogP contribution in [0.2, 0.25) is 0 Å². The number of Topliss-reactive ketones (excluding diaryl/α,β-unsaturated/α-hetero) is 1. The summed E-state index contributed by atoms with van der Waals surface area (Å²) in [5.41, 5.74) is 1.32. The first-order chi connectivity index (χ1) is 13.3. The third-order valence-corrected chi connectivity index (χ3v) is 6.65. The highest BCUT2D eigenvalue weighted by atomic mass is 32.2. The number of amides is 1. The first-order valence-electron chi connectivity index (χ1n) is 8.49. The van der Waals surface area contributed by atoms with Gasteiger partial charge in [0.05, 0.1) is 5.69 Å². The number of sulfonamides is 1. The summed E-state index contributed by atoms with van der Waals surface area (Å²) in [6.45, 7) is 1.40. The van der Waals surface area contributed by atoms with E-state index in [4.69, 9.17) is 4.42 Å². The molecule has 1 aromatic heterocycles.